The molecule has 0 bridgehead atoms. The van der Waals surface area contributed by atoms with Gasteiger partial charge in [-0.3, -0.25) is 9.69 Å². The number of carbonyl (C=O) groups excluding carboxylic acids is 2. The number of amides is 1. The molecule has 0 aliphatic carbocycles. The van der Waals surface area contributed by atoms with Crippen LogP contribution in [0.3, 0.4) is 0 Å². The number of methoxy groups -OCH3 is 1. The number of halogens is 1. The zero-order valence-electron chi connectivity index (χ0n) is 14.8. The Labute approximate surface area is 165 Å². The first kappa shape index (κ1) is 18.0. The Bertz CT molecular complexity index is 1050. The summed E-state index contributed by atoms with van der Waals surface area (Å²) >= 11 is 6.06. The third-order valence-electron chi connectivity index (χ3n) is 4.28. The van der Waals surface area contributed by atoms with Gasteiger partial charge in [0.15, 0.2) is 6.61 Å². The summed E-state index contributed by atoms with van der Waals surface area (Å²) in [5, 5.41) is 8.75. The van der Waals surface area contributed by atoms with Gasteiger partial charge >= 0.3 is 5.97 Å². The Balaban J connectivity index is 1.56. The van der Waals surface area contributed by atoms with Crippen LogP contribution in [0.4, 0.5) is 5.69 Å². The molecule has 0 atom stereocenters. The highest BCUT2D eigenvalue weighted by molar-refractivity contribution is 6.31. The molecule has 142 valence electrons. The van der Waals surface area contributed by atoms with Gasteiger partial charge in [-0.25, -0.2) is 9.48 Å². The third kappa shape index (κ3) is 3.41. The van der Waals surface area contributed by atoms with Crippen LogP contribution in [0, 0.1) is 0 Å². The fraction of sp³-hybridized carbons (Fsp3) is 0.158. The molecule has 2 aromatic carbocycles. The highest BCUT2D eigenvalue weighted by Gasteiger charge is 2.26. The van der Waals surface area contributed by atoms with E-state index in [1.807, 2.05) is 0 Å². The fourth-order valence-electron chi connectivity index (χ4n) is 2.88. The number of hydrogen-bond acceptors (Lipinski definition) is 6. The van der Waals surface area contributed by atoms with Crippen molar-refractivity contribution in [3.63, 3.8) is 0 Å². The summed E-state index contributed by atoms with van der Waals surface area (Å²) in [5.74, 6) is -0.00414. The van der Waals surface area contributed by atoms with Crippen LogP contribution >= 0.6 is 11.6 Å². The van der Waals surface area contributed by atoms with Crippen molar-refractivity contribution in [1.82, 2.24) is 15.0 Å². The van der Waals surface area contributed by atoms with E-state index in [-0.39, 0.29) is 19.1 Å². The Morgan fingerprint density at radius 1 is 1.25 bits per heavy atom. The Hall–Kier alpha value is -3.39. The minimum atomic E-state index is -0.408. The van der Waals surface area contributed by atoms with Gasteiger partial charge in [-0.2, -0.15) is 0 Å². The van der Waals surface area contributed by atoms with Gasteiger partial charge in [0.2, 0.25) is 0 Å². The molecule has 4 rings (SSSR count). The van der Waals surface area contributed by atoms with Crippen LogP contribution in [0.25, 0.3) is 5.69 Å². The van der Waals surface area contributed by atoms with Crippen molar-refractivity contribution in [1.29, 1.82) is 0 Å². The van der Waals surface area contributed by atoms with Crippen molar-refractivity contribution >= 4 is 29.2 Å². The largest absolute Gasteiger partial charge is 0.482 e. The number of benzene rings is 2. The van der Waals surface area contributed by atoms with E-state index >= 15 is 0 Å². The molecule has 1 aromatic heterocycles. The molecule has 1 aliphatic rings. The van der Waals surface area contributed by atoms with E-state index in [9.17, 15) is 9.59 Å². The van der Waals surface area contributed by atoms with Crippen molar-refractivity contribution in [2.24, 2.45) is 0 Å². The quantitative estimate of drug-likeness (QED) is 0.628. The van der Waals surface area contributed by atoms with Crippen LogP contribution in [-0.4, -0.2) is 40.6 Å². The monoisotopic (exact) mass is 398 g/mol. The van der Waals surface area contributed by atoms with Gasteiger partial charge in [0.05, 0.1) is 36.8 Å². The average molecular weight is 399 g/mol. The number of aromatic nitrogens is 3. The Morgan fingerprint density at radius 3 is 2.79 bits per heavy atom. The van der Waals surface area contributed by atoms with Crippen LogP contribution in [0.5, 0.6) is 5.75 Å². The predicted molar refractivity (Wildman–Crippen MR) is 101 cm³/mol. The molecule has 0 unspecified atom stereocenters. The molecule has 0 saturated heterocycles. The highest BCUT2D eigenvalue weighted by atomic mass is 35.5. The maximum atomic E-state index is 12.3. The normalized spacial score (nSPS) is 13.1. The number of fused-ring (bicyclic) bond motifs is 1. The molecule has 28 heavy (non-hydrogen) atoms. The van der Waals surface area contributed by atoms with Gasteiger partial charge < -0.3 is 9.47 Å². The van der Waals surface area contributed by atoms with Crippen molar-refractivity contribution < 1.29 is 19.1 Å². The van der Waals surface area contributed by atoms with Crippen molar-refractivity contribution in [3.05, 3.63) is 64.9 Å². The second kappa shape index (κ2) is 7.32. The summed E-state index contributed by atoms with van der Waals surface area (Å²) in [5.41, 5.74) is 2.36. The summed E-state index contributed by atoms with van der Waals surface area (Å²) in [6, 6.07) is 11.9. The summed E-state index contributed by atoms with van der Waals surface area (Å²) in [6.07, 6.45) is 1.72. The smallest absolute Gasteiger partial charge is 0.337 e. The first-order valence-corrected chi connectivity index (χ1v) is 8.75. The van der Waals surface area contributed by atoms with Gasteiger partial charge in [-0.15, -0.1) is 5.10 Å². The summed E-state index contributed by atoms with van der Waals surface area (Å²) in [4.78, 5) is 25.4. The van der Waals surface area contributed by atoms with E-state index in [0.29, 0.717) is 27.7 Å². The second-order valence-corrected chi connectivity index (χ2v) is 6.51. The summed E-state index contributed by atoms with van der Waals surface area (Å²) in [7, 11) is 1.33. The maximum Gasteiger partial charge on any atom is 0.337 e. The second-order valence-electron chi connectivity index (χ2n) is 6.07. The van der Waals surface area contributed by atoms with E-state index < -0.39 is 5.97 Å². The molecule has 8 nitrogen and oxygen atoms in total. The van der Waals surface area contributed by atoms with E-state index in [2.05, 4.69) is 15.0 Å². The lowest BCUT2D eigenvalue weighted by molar-refractivity contribution is -0.121. The topological polar surface area (TPSA) is 86.5 Å². The van der Waals surface area contributed by atoms with Gasteiger partial charge in [0, 0.05) is 5.02 Å². The van der Waals surface area contributed by atoms with Gasteiger partial charge in [-0.1, -0.05) is 16.8 Å². The minimum Gasteiger partial charge on any atom is -0.482 e. The number of nitrogens with zero attached hydrogens (tertiary/aromatic N) is 4. The van der Waals surface area contributed by atoms with E-state index in [4.69, 9.17) is 16.3 Å². The van der Waals surface area contributed by atoms with Crippen LogP contribution in [0.1, 0.15) is 16.1 Å². The highest BCUT2D eigenvalue weighted by Crippen LogP contribution is 2.35. The van der Waals surface area contributed by atoms with Crippen LogP contribution in [0.15, 0.2) is 48.7 Å². The number of rotatable bonds is 4. The Morgan fingerprint density at radius 2 is 2.04 bits per heavy atom. The molecule has 0 saturated carbocycles. The number of anilines is 1. The number of carbonyl (C=O) groups is 2. The number of hydrogen-bond donors (Lipinski definition) is 0. The molecule has 0 N–H and O–H groups in total. The van der Waals surface area contributed by atoms with Crippen LogP contribution in [-0.2, 0) is 16.1 Å². The van der Waals surface area contributed by atoms with E-state index in [0.717, 1.165) is 5.69 Å². The van der Waals surface area contributed by atoms with Crippen molar-refractivity contribution in [2.45, 2.75) is 6.54 Å². The Kier molecular flexibility index (Phi) is 4.70. The minimum absolute atomic E-state index is 0.0439. The number of ether oxygens (including phenoxy) is 2. The predicted octanol–water partition coefficient (Wildman–Crippen LogP) is 2.63. The molecule has 2 heterocycles. The van der Waals surface area contributed by atoms with Gasteiger partial charge in [-0.05, 0) is 42.5 Å². The van der Waals surface area contributed by atoms with Crippen molar-refractivity contribution in [2.75, 3.05) is 18.6 Å². The zero-order chi connectivity index (χ0) is 19.7. The molecule has 1 amide bonds. The lowest BCUT2D eigenvalue weighted by atomic mass is 10.2. The maximum absolute atomic E-state index is 12.3. The first-order valence-electron chi connectivity index (χ1n) is 8.38. The molecule has 3 aromatic rings. The molecule has 1 aliphatic heterocycles. The molecular weight excluding hydrogens is 384 g/mol. The standard InChI is InChI=1S/C19H15ClN4O4/c1-27-19(26)12-2-5-15(6-3-12)24-10-14(21-22-24)9-23-16-8-13(20)4-7-17(16)28-11-18(23)25/h2-8,10H,9,11H2,1H3. The SMILES string of the molecule is COC(=O)c1ccc(-n2cc(CN3C(=O)COc4ccc(Cl)cc43)nn2)cc1. The van der Waals surface area contributed by atoms with Gasteiger partial charge in [0.25, 0.3) is 5.91 Å². The summed E-state index contributed by atoms with van der Waals surface area (Å²) < 4.78 is 11.7. The molecular formula is C19H15ClN4O4. The fourth-order valence-corrected chi connectivity index (χ4v) is 3.04. The third-order valence-corrected chi connectivity index (χ3v) is 4.51. The molecule has 9 heteroatoms. The van der Waals surface area contributed by atoms with Crippen LogP contribution < -0.4 is 9.64 Å². The van der Waals surface area contributed by atoms with Crippen molar-refractivity contribution in [3.8, 4) is 11.4 Å². The summed E-state index contributed by atoms with van der Waals surface area (Å²) in [6.45, 7) is 0.188. The lowest BCUT2D eigenvalue weighted by Crippen LogP contribution is -2.38. The number of esters is 1. The van der Waals surface area contributed by atoms with Crippen LogP contribution in [0.2, 0.25) is 5.02 Å². The molecule has 0 spiro atoms. The molecule has 0 fully saturated rings. The first-order chi connectivity index (χ1) is 13.5. The van der Waals surface area contributed by atoms with E-state index in [1.165, 1.54) is 7.11 Å². The zero-order valence-corrected chi connectivity index (χ0v) is 15.6. The van der Waals surface area contributed by atoms with Gasteiger partial charge in [0.1, 0.15) is 11.4 Å². The van der Waals surface area contributed by atoms with E-state index in [1.54, 1.807) is 58.2 Å². The lowest BCUT2D eigenvalue weighted by Gasteiger charge is -2.28. The average Bonchev–Trinajstić information content (AvgIpc) is 3.18. The molecule has 0 radical (unpaired) electrons.